The molecule has 2 amide bonds. The van der Waals surface area contributed by atoms with Crippen molar-refractivity contribution in [1.82, 2.24) is 15.1 Å². The molecule has 2 heterocycles. The highest BCUT2D eigenvalue weighted by molar-refractivity contribution is 5.83. The molecule has 0 aromatic rings. The fraction of sp³-hybridized carbons (Fsp3) is 0.867. The second-order valence-corrected chi connectivity index (χ2v) is 6.66. The van der Waals surface area contributed by atoms with Gasteiger partial charge in [-0.15, -0.1) is 0 Å². The zero-order valence-corrected chi connectivity index (χ0v) is 12.9. The van der Waals surface area contributed by atoms with E-state index in [0.29, 0.717) is 13.1 Å². The Kier molecular flexibility index (Phi) is 4.68. The smallest absolute Gasteiger partial charge is 0.240 e. The van der Waals surface area contributed by atoms with Gasteiger partial charge in [-0.25, -0.2) is 0 Å². The summed E-state index contributed by atoms with van der Waals surface area (Å²) < 4.78 is 0. The largest absolute Gasteiger partial charge is 0.341 e. The molecule has 5 heteroatoms. The van der Waals surface area contributed by atoms with Crippen molar-refractivity contribution < 1.29 is 9.59 Å². The molecule has 2 aliphatic rings. The van der Waals surface area contributed by atoms with Gasteiger partial charge in [0.1, 0.15) is 0 Å². The van der Waals surface area contributed by atoms with Crippen LogP contribution in [0.15, 0.2) is 0 Å². The molecule has 2 fully saturated rings. The highest BCUT2D eigenvalue weighted by Crippen LogP contribution is 2.31. The van der Waals surface area contributed by atoms with Crippen LogP contribution in [-0.2, 0) is 9.59 Å². The minimum atomic E-state index is -0.0832. The Morgan fingerprint density at radius 3 is 2.35 bits per heavy atom. The number of piperidine rings is 1. The third-order valence-corrected chi connectivity index (χ3v) is 4.63. The maximum atomic E-state index is 12.8. The van der Waals surface area contributed by atoms with Gasteiger partial charge in [0.15, 0.2) is 0 Å². The average Bonchev–Trinajstić information content (AvgIpc) is 2.63. The van der Waals surface area contributed by atoms with Crippen LogP contribution >= 0.6 is 0 Å². The number of rotatable bonds is 1. The summed E-state index contributed by atoms with van der Waals surface area (Å²) in [6.07, 6.45) is 3.09. The summed E-state index contributed by atoms with van der Waals surface area (Å²) in [6, 6.07) is -0.0832. The van der Waals surface area contributed by atoms with Crippen molar-refractivity contribution in [3.63, 3.8) is 0 Å². The third kappa shape index (κ3) is 3.32. The fourth-order valence-corrected chi connectivity index (χ4v) is 3.27. The van der Waals surface area contributed by atoms with Crippen molar-refractivity contribution in [1.29, 1.82) is 0 Å². The van der Waals surface area contributed by atoms with Crippen LogP contribution in [0.5, 0.6) is 0 Å². The minimum Gasteiger partial charge on any atom is -0.341 e. The van der Waals surface area contributed by atoms with Gasteiger partial charge in [0.25, 0.3) is 0 Å². The van der Waals surface area contributed by atoms with Crippen LogP contribution in [0.1, 0.15) is 40.0 Å². The van der Waals surface area contributed by atoms with Crippen LogP contribution in [0, 0.1) is 5.41 Å². The summed E-state index contributed by atoms with van der Waals surface area (Å²) in [5, 5.41) is 3.39. The third-order valence-electron chi connectivity index (χ3n) is 4.63. The van der Waals surface area contributed by atoms with Gasteiger partial charge in [-0.1, -0.05) is 13.8 Å². The predicted octanol–water partition coefficient (Wildman–Crippen LogP) is 0.845. The molecule has 0 aromatic carbocycles. The number of carbonyl (C=O) groups is 2. The van der Waals surface area contributed by atoms with Gasteiger partial charge in [0.05, 0.1) is 6.04 Å². The number of nitrogens with one attached hydrogen (secondary N) is 1. The molecule has 1 N–H and O–H groups in total. The molecule has 0 aromatic heterocycles. The molecular formula is C15H27N3O2. The van der Waals surface area contributed by atoms with Crippen LogP contribution in [0.3, 0.4) is 0 Å². The van der Waals surface area contributed by atoms with Crippen LogP contribution in [0.2, 0.25) is 0 Å². The molecular weight excluding hydrogens is 254 g/mol. The second-order valence-electron chi connectivity index (χ2n) is 6.66. The summed E-state index contributed by atoms with van der Waals surface area (Å²) in [5.74, 6) is 0.315. The number of amides is 2. The van der Waals surface area contributed by atoms with Gasteiger partial charge in [-0.3, -0.25) is 9.59 Å². The molecule has 5 nitrogen and oxygen atoms in total. The highest BCUT2D eigenvalue weighted by Gasteiger charge is 2.39. The summed E-state index contributed by atoms with van der Waals surface area (Å²) in [7, 11) is 0. The molecule has 0 saturated carbocycles. The molecule has 1 atom stereocenters. The Balaban J connectivity index is 2.00. The Morgan fingerprint density at radius 2 is 1.70 bits per heavy atom. The van der Waals surface area contributed by atoms with Gasteiger partial charge >= 0.3 is 0 Å². The van der Waals surface area contributed by atoms with Gasteiger partial charge in [-0.05, 0) is 31.2 Å². The molecule has 2 rings (SSSR count). The van der Waals surface area contributed by atoms with E-state index in [2.05, 4.69) is 19.2 Å². The van der Waals surface area contributed by atoms with Gasteiger partial charge in [0.2, 0.25) is 11.8 Å². The molecule has 1 unspecified atom stereocenters. The van der Waals surface area contributed by atoms with E-state index in [4.69, 9.17) is 0 Å². The van der Waals surface area contributed by atoms with E-state index in [-0.39, 0.29) is 23.3 Å². The van der Waals surface area contributed by atoms with Crippen molar-refractivity contribution >= 4 is 11.8 Å². The average molecular weight is 281 g/mol. The van der Waals surface area contributed by atoms with Gasteiger partial charge in [0, 0.05) is 33.1 Å². The Labute approximate surface area is 121 Å². The maximum absolute atomic E-state index is 12.8. The van der Waals surface area contributed by atoms with Crippen molar-refractivity contribution in [2.45, 2.75) is 46.1 Å². The van der Waals surface area contributed by atoms with E-state index in [1.54, 1.807) is 6.92 Å². The molecule has 20 heavy (non-hydrogen) atoms. The first-order valence-electron chi connectivity index (χ1n) is 7.69. The summed E-state index contributed by atoms with van der Waals surface area (Å²) in [5.41, 5.74) is 0.0158. The van der Waals surface area contributed by atoms with Gasteiger partial charge < -0.3 is 15.1 Å². The lowest BCUT2D eigenvalue weighted by atomic mass is 9.77. The van der Waals surface area contributed by atoms with E-state index < -0.39 is 0 Å². The molecule has 0 bridgehead atoms. The van der Waals surface area contributed by atoms with E-state index in [1.165, 1.54) is 0 Å². The lowest BCUT2D eigenvalue weighted by Gasteiger charge is -2.40. The van der Waals surface area contributed by atoms with Crippen molar-refractivity contribution in [2.24, 2.45) is 5.41 Å². The van der Waals surface area contributed by atoms with Crippen LogP contribution < -0.4 is 5.32 Å². The molecule has 2 aliphatic heterocycles. The minimum absolute atomic E-state index is 0.0158. The number of hydrogen-bond donors (Lipinski definition) is 1. The normalized spacial score (nSPS) is 27.1. The molecule has 0 radical (unpaired) electrons. The second kappa shape index (κ2) is 6.12. The highest BCUT2D eigenvalue weighted by atomic mass is 16.2. The Bertz CT molecular complexity index is 381. The number of nitrogens with zero attached hydrogens (tertiary/aromatic N) is 2. The lowest BCUT2D eigenvalue weighted by Crippen LogP contribution is -2.57. The lowest BCUT2D eigenvalue weighted by molar-refractivity contribution is -0.137. The fourth-order valence-electron chi connectivity index (χ4n) is 3.27. The molecule has 114 valence electrons. The number of carbonyl (C=O) groups excluding carboxylic acids is 2. The topological polar surface area (TPSA) is 52.7 Å². The monoisotopic (exact) mass is 281 g/mol. The van der Waals surface area contributed by atoms with Crippen LogP contribution in [0.25, 0.3) is 0 Å². The van der Waals surface area contributed by atoms with E-state index in [9.17, 15) is 9.59 Å². The molecule has 0 spiro atoms. The van der Waals surface area contributed by atoms with E-state index >= 15 is 0 Å². The SMILES string of the molecule is CC(=O)N1CCCN(C(=O)C2NCCCC2(C)C)CC1. The Morgan fingerprint density at radius 1 is 1.05 bits per heavy atom. The van der Waals surface area contributed by atoms with Crippen LogP contribution in [0.4, 0.5) is 0 Å². The van der Waals surface area contributed by atoms with Crippen molar-refractivity contribution in [3.8, 4) is 0 Å². The van der Waals surface area contributed by atoms with E-state index in [0.717, 1.165) is 38.9 Å². The standard InChI is InChI=1S/C15H27N3O2/c1-12(19)17-8-5-9-18(11-10-17)14(20)13-15(2,3)6-4-7-16-13/h13,16H,4-11H2,1-3H3. The quantitative estimate of drug-likeness (QED) is 0.775. The zero-order chi connectivity index (χ0) is 14.8. The first kappa shape index (κ1) is 15.3. The van der Waals surface area contributed by atoms with Gasteiger partial charge in [-0.2, -0.15) is 0 Å². The van der Waals surface area contributed by atoms with Crippen molar-refractivity contribution in [2.75, 3.05) is 32.7 Å². The zero-order valence-electron chi connectivity index (χ0n) is 12.9. The first-order chi connectivity index (χ1) is 9.42. The molecule has 2 saturated heterocycles. The molecule has 0 aliphatic carbocycles. The first-order valence-corrected chi connectivity index (χ1v) is 7.69. The summed E-state index contributed by atoms with van der Waals surface area (Å²) in [4.78, 5) is 28.0. The van der Waals surface area contributed by atoms with E-state index in [1.807, 2.05) is 9.80 Å². The van der Waals surface area contributed by atoms with Crippen LogP contribution in [-0.4, -0.2) is 60.4 Å². The summed E-state index contributed by atoms with van der Waals surface area (Å²) in [6.45, 7) is 9.71. The maximum Gasteiger partial charge on any atom is 0.240 e. The Hall–Kier alpha value is -1.10. The predicted molar refractivity (Wildman–Crippen MR) is 78.3 cm³/mol. The van der Waals surface area contributed by atoms with Crippen molar-refractivity contribution in [3.05, 3.63) is 0 Å². The number of hydrogen-bond acceptors (Lipinski definition) is 3. The summed E-state index contributed by atoms with van der Waals surface area (Å²) >= 11 is 0.